The Hall–Kier alpha value is -1.78. The van der Waals surface area contributed by atoms with Crippen molar-refractivity contribution in [2.75, 3.05) is 7.11 Å². The molecule has 0 aromatic carbocycles. The summed E-state index contributed by atoms with van der Waals surface area (Å²) in [4.78, 5) is 14.4. The first kappa shape index (κ1) is 10.3. The molecule has 1 heterocycles. The average molecular weight is 196 g/mol. The van der Waals surface area contributed by atoms with Gasteiger partial charge in [-0.05, 0) is 12.5 Å². The van der Waals surface area contributed by atoms with Crippen LogP contribution in [0.4, 0.5) is 4.79 Å². The summed E-state index contributed by atoms with van der Waals surface area (Å²) in [5.74, 6) is 0.861. The fourth-order valence-corrected chi connectivity index (χ4v) is 1.08. The highest BCUT2D eigenvalue weighted by molar-refractivity contribution is 5.68. The molecule has 0 aliphatic heterocycles. The van der Waals surface area contributed by atoms with Crippen LogP contribution < -0.4 is 15.2 Å². The van der Waals surface area contributed by atoms with Gasteiger partial charge < -0.3 is 15.2 Å². The molecule has 0 radical (unpaired) electrons. The molecule has 0 aliphatic rings. The van der Waals surface area contributed by atoms with E-state index in [9.17, 15) is 4.79 Å². The molecule has 0 bridgehead atoms. The minimum absolute atomic E-state index is 0.329. The molecule has 0 saturated carbocycles. The Morgan fingerprint density at radius 3 is 2.86 bits per heavy atom. The maximum atomic E-state index is 10.5. The van der Waals surface area contributed by atoms with Gasteiger partial charge in [0.25, 0.3) is 0 Å². The van der Waals surface area contributed by atoms with Crippen molar-refractivity contribution in [2.24, 2.45) is 5.73 Å². The van der Waals surface area contributed by atoms with Crippen LogP contribution in [0.3, 0.4) is 0 Å². The minimum atomic E-state index is -0.848. The number of carbonyl (C=O) groups excluding carboxylic acids is 1. The molecule has 14 heavy (non-hydrogen) atoms. The lowest BCUT2D eigenvalue weighted by atomic mass is 10.2. The van der Waals surface area contributed by atoms with Crippen LogP contribution in [0.2, 0.25) is 0 Å². The van der Waals surface area contributed by atoms with Crippen LogP contribution in [0.1, 0.15) is 12.5 Å². The first-order chi connectivity index (χ1) is 6.67. The van der Waals surface area contributed by atoms with Gasteiger partial charge in [0, 0.05) is 5.56 Å². The molecular formula is C9H12N2O3. The monoisotopic (exact) mass is 196 g/mol. The Morgan fingerprint density at radius 1 is 1.64 bits per heavy atom. The first-order valence-corrected chi connectivity index (χ1v) is 4.17. The summed E-state index contributed by atoms with van der Waals surface area (Å²) in [6, 6.07) is 1.68. The molecule has 5 heteroatoms. The molecule has 0 fully saturated rings. The summed E-state index contributed by atoms with van der Waals surface area (Å²) in [6.45, 7) is 1.95. The lowest BCUT2D eigenvalue weighted by Crippen LogP contribution is -2.16. The minimum Gasteiger partial charge on any atom is -0.481 e. The Kier molecular flexibility index (Phi) is 3.28. The molecule has 2 N–H and O–H groups in total. The van der Waals surface area contributed by atoms with Crippen LogP contribution in [0.5, 0.6) is 11.6 Å². The third-order valence-electron chi connectivity index (χ3n) is 1.69. The van der Waals surface area contributed by atoms with Gasteiger partial charge in [-0.2, -0.15) is 0 Å². The van der Waals surface area contributed by atoms with E-state index in [1.54, 1.807) is 6.07 Å². The van der Waals surface area contributed by atoms with E-state index < -0.39 is 6.09 Å². The van der Waals surface area contributed by atoms with Gasteiger partial charge in [0.2, 0.25) is 5.88 Å². The standard InChI is InChI=1S/C9H12N2O3/c1-3-6-4-7(14-9(10)12)5-11-8(6)13-2/h4-5H,3H2,1-2H3,(H2,10,12). The van der Waals surface area contributed by atoms with Crippen LogP contribution >= 0.6 is 0 Å². The molecule has 1 rings (SSSR count). The Morgan fingerprint density at radius 2 is 2.36 bits per heavy atom. The fourth-order valence-electron chi connectivity index (χ4n) is 1.08. The molecular weight excluding hydrogens is 184 g/mol. The molecule has 5 nitrogen and oxygen atoms in total. The van der Waals surface area contributed by atoms with Crippen molar-refractivity contribution < 1.29 is 14.3 Å². The van der Waals surface area contributed by atoms with E-state index in [2.05, 4.69) is 9.72 Å². The predicted molar refractivity (Wildman–Crippen MR) is 50.4 cm³/mol. The number of aryl methyl sites for hydroxylation is 1. The molecule has 0 atom stereocenters. The lowest BCUT2D eigenvalue weighted by molar-refractivity contribution is 0.210. The molecule has 1 aromatic heterocycles. The number of ether oxygens (including phenoxy) is 2. The highest BCUT2D eigenvalue weighted by Crippen LogP contribution is 2.20. The number of amides is 1. The molecule has 0 aliphatic carbocycles. The third kappa shape index (κ3) is 2.35. The first-order valence-electron chi connectivity index (χ1n) is 4.17. The third-order valence-corrected chi connectivity index (χ3v) is 1.69. The van der Waals surface area contributed by atoms with Crippen molar-refractivity contribution in [3.8, 4) is 11.6 Å². The lowest BCUT2D eigenvalue weighted by Gasteiger charge is -2.06. The number of hydrogen-bond acceptors (Lipinski definition) is 4. The molecule has 76 valence electrons. The molecule has 0 saturated heterocycles. The number of methoxy groups -OCH3 is 1. The Balaban J connectivity index is 2.95. The Labute approximate surface area is 81.8 Å². The SMILES string of the molecule is CCc1cc(OC(N)=O)cnc1OC. The van der Waals surface area contributed by atoms with Gasteiger partial charge >= 0.3 is 6.09 Å². The molecule has 0 spiro atoms. The zero-order valence-electron chi connectivity index (χ0n) is 8.11. The topological polar surface area (TPSA) is 74.4 Å². The smallest absolute Gasteiger partial charge is 0.410 e. The average Bonchev–Trinajstić information content (AvgIpc) is 2.16. The number of hydrogen-bond donors (Lipinski definition) is 1. The van der Waals surface area contributed by atoms with Crippen molar-refractivity contribution >= 4 is 6.09 Å². The summed E-state index contributed by atoms with van der Waals surface area (Å²) in [5.41, 5.74) is 5.73. The normalized spacial score (nSPS) is 9.57. The van der Waals surface area contributed by atoms with Crippen molar-refractivity contribution in [1.82, 2.24) is 4.98 Å². The summed E-state index contributed by atoms with van der Waals surface area (Å²) in [7, 11) is 1.54. The van der Waals surface area contributed by atoms with Gasteiger partial charge in [-0.25, -0.2) is 9.78 Å². The van der Waals surface area contributed by atoms with Crippen molar-refractivity contribution in [3.05, 3.63) is 17.8 Å². The van der Waals surface area contributed by atoms with Crippen LogP contribution in [0.15, 0.2) is 12.3 Å². The van der Waals surface area contributed by atoms with Crippen molar-refractivity contribution in [2.45, 2.75) is 13.3 Å². The van der Waals surface area contributed by atoms with E-state index >= 15 is 0 Å². The second kappa shape index (κ2) is 4.45. The maximum Gasteiger partial charge on any atom is 0.410 e. The number of pyridine rings is 1. The summed E-state index contributed by atoms with van der Waals surface area (Å²) < 4.78 is 9.69. The van der Waals surface area contributed by atoms with Crippen LogP contribution in [-0.4, -0.2) is 18.2 Å². The summed E-state index contributed by atoms with van der Waals surface area (Å²) in [5, 5.41) is 0. The fraction of sp³-hybridized carbons (Fsp3) is 0.333. The van der Waals surface area contributed by atoms with E-state index in [0.717, 1.165) is 12.0 Å². The number of primary amides is 1. The second-order valence-corrected chi connectivity index (χ2v) is 2.61. The zero-order valence-corrected chi connectivity index (χ0v) is 8.11. The van der Waals surface area contributed by atoms with Crippen LogP contribution in [0, 0.1) is 0 Å². The van der Waals surface area contributed by atoms with E-state index in [4.69, 9.17) is 10.5 Å². The number of nitrogens with zero attached hydrogens (tertiary/aromatic N) is 1. The Bertz CT molecular complexity index is 339. The highest BCUT2D eigenvalue weighted by Gasteiger charge is 2.06. The molecule has 0 unspecified atom stereocenters. The van der Waals surface area contributed by atoms with Gasteiger partial charge in [0.1, 0.15) is 0 Å². The number of nitrogens with two attached hydrogens (primary N) is 1. The molecule has 1 aromatic rings. The second-order valence-electron chi connectivity index (χ2n) is 2.61. The quantitative estimate of drug-likeness (QED) is 0.785. The van der Waals surface area contributed by atoms with E-state index in [1.807, 2.05) is 6.92 Å². The van der Waals surface area contributed by atoms with Crippen LogP contribution in [0.25, 0.3) is 0 Å². The van der Waals surface area contributed by atoms with Crippen molar-refractivity contribution in [3.63, 3.8) is 0 Å². The number of aromatic nitrogens is 1. The number of rotatable bonds is 3. The van der Waals surface area contributed by atoms with E-state index in [1.165, 1.54) is 13.3 Å². The summed E-state index contributed by atoms with van der Waals surface area (Å²) in [6.07, 6.45) is 1.29. The van der Waals surface area contributed by atoms with E-state index in [0.29, 0.717) is 11.6 Å². The van der Waals surface area contributed by atoms with Gasteiger partial charge in [-0.15, -0.1) is 0 Å². The van der Waals surface area contributed by atoms with Gasteiger partial charge in [-0.3, -0.25) is 0 Å². The number of carbonyl (C=O) groups is 1. The van der Waals surface area contributed by atoms with Gasteiger partial charge in [-0.1, -0.05) is 6.92 Å². The summed E-state index contributed by atoms with van der Waals surface area (Å²) >= 11 is 0. The largest absolute Gasteiger partial charge is 0.481 e. The maximum absolute atomic E-state index is 10.5. The highest BCUT2D eigenvalue weighted by atomic mass is 16.5. The van der Waals surface area contributed by atoms with Crippen LogP contribution in [-0.2, 0) is 6.42 Å². The van der Waals surface area contributed by atoms with Gasteiger partial charge in [0.15, 0.2) is 5.75 Å². The van der Waals surface area contributed by atoms with E-state index in [-0.39, 0.29) is 0 Å². The predicted octanol–water partition coefficient (Wildman–Crippen LogP) is 1.11. The van der Waals surface area contributed by atoms with Gasteiger partial charge in [0.05, 0.1) is 13.3 Å². The zero-order chi connectivity index (χ0) is 10.6. The molecule has 1 amide bonds. The van der Waals surface area contributed by atoms with Crippen molar-refractivity contribution in [1.29, 1.82) is 0 Å².